The highest BCUT2D eigenvalue weighted by Gasteiger charge is 2.21. The van der Waals surface area contributed by atoms with Crippen LogP contribution in [0.15, 0.2) is 36.3 Å². The molecule has 2 rings (SSSR count). The second-order valence-corrected chi connectivity index (χ2v) is 7.38. The number of benzene rings is 1. The van der Waals surface area contributed by atoms with E-state index >= 15 is 0 Å². The van der Waals surface area contributed by atoms with E-state index in [1.54, 1.807) is 24.3 Å². The van der Waals surface area contributed by atoms with Crippen molar-refractivity contribution in [3.05, 3.63) is 51.9 Å². The number of ether oxygens (including phenoxy) is 1. The van der Waals surface area contributed by atoms with Gasteiger partial charge in [0.25, 0.3) is 0 Å². The fraction of sp³-hybridized carbons (Fsp3) is 0.286. The quantitative estimate of drug-likeness (QED) is 0.803. The van der Waals surface area contributed by atoms with Crippen molar-refractivity contribution in [2.24, 2.45) is 0 Å². The maximum atomic E-state index is 11.3. The number of sulfone groups is 1. The molecule has 4 nitrogen and oxygen atoms in total. The van der Waals surface area contributed by atoms with Gasteiger partial charge in [-0.1, -0.05) is 41.9 Å². The number of rotatable bonds is 6. The van der Waals surface area contributed by atoms with Crippen molar-refractivity contribution in [1.82, 2.24) is 5.32 Å². The number of hydrogen-bond acceptors (Lipinski definition) is 4. The lowest BCUT2D eigenvalue weighted by molar-refractivity contribution is 0.363. The molecule has 21 heavy (non-hydrogen) atoms. The van der Waals surface area contributed by atoms with Gasteiger partial charge in [-0.05, 0) is 17.7 Å². The molecule has 0 aliphatic carbocycles. The molecule has 0 saturated heterocycles. The molecule has 1 aromatic rings. The standard InChI is InChI=1S/C14H15Cl2NO3S/c1-2-4-20-14-12(15)6-10(7-13(14)16)8-17-11-3-5-21(18,19)9-11/h2-3,5-7,11,17H,1,4,8-9H2. The van der Waals surface area contributed by atoms with Gasteiger partial charge in [-0.2, -0.15) is 0 Å². The van der Waals surface area contributed by atoms with Crippen LogP contribution in [0.4, 0.5) is 0 Å². The first-order valence-corrected chi connectivity index (χ1v) is 8.74. The molecule has 1 heterocycles. The van der Waals surface area contributed by atoms with Gasteiger partial charge in [0.1, 0.15) is 6.61 Å². The molecule has 0 fully saturated rings. The highest BCUT2D eigenvalue weighted by molar-refractivity contribution is 7.94. The minimum atomic E-state index is -3.06. The molecule has 0 bridgehead atoms. The van der Waals surface area contributed by atoms with Crippen molar-refractivity contribution < 1.29 is 13.2 Å². The normalized spacial score (nSPS) is 19.6. The third-order valence-electron chi connectivity index (χ3n) is 2.90. The fourth-order valence-corrected chi connectivity index (χ4v) is 3.86. The summed E-state index contributed by atoms with van der Waals surface area (Å²) in [5, 5.41) is 5.19. The van der Waals surface area contributed by atoms with Crippen LogP contribution in [0, 0.1) is 0 Å². The maximum absolute atomic E-state index is 11.3. The SMILES string of the molecule is C=CCOc1c(Cl)cc(CNC2C=CS(=O)(=O)C2)cc1Cl. The van der Waals surface area contributed by atoms with E-state index in [0.717, 1.165) is 5.56 Å². The molecule has 1 atom stereocenters. The molecule has 114 valence electrons. The highest BCUT2D eigenvalue weighted by atomic mass is 35.5. The molecule has 1 aromatic carbocycles. The fourth-order valence-electron chi connectivity index (χ4n) is 1.95. The lowest BCUT2D eigenvalue weighted by Gasteiger charge is -2.13. The van der Waals surface area contributed by atoms with Gasteiger partial charge >= 0.3 is 0 Å². The first-order valence-electron chi connectivity index (χ1n) is 6.27. The van der Waals surface area contributed by atoms with E-state index in [1.807, 2.05) is 0 Å². The minimum Gasteiger partial charge on any atom is -0.486 e. The van der Waals surface area contributed by atoms with Gasteiger partial charge in [0.05, 0.1) is 15.8 Å². The molecule has 1 unspecified atom stereocenters. The van der Waals surface area contributed by atoms with Gasteiger partial charge in [0, 0.05) is 18.0 Å². The van der Waals surface area contributed by atoms with Crippen molar-refractivity contribution in [2.45, 2.75) is 12.6 Å². The summed E-state index contributed by atoms with van der Waals surface area (Å²) in [6, 6.07) is 3.29. The molecular formula is C14H15Cl2NO3S. The Kier molecular flexibility index (Phi) is 5.32. The monoisotopic (exact) mass is 347 g/mol. The highest BCUT2D eigenvalue weighted by Crippen LogP contribution is 2.34. The number of halogens is 2. The summed E-state index contributed by atoms with van der Waals surface area (Å²) in [4.78, 5) is 0. The molecular weight excluding hydrogens is 333 g/mol. The lowest BCUT2D eigenvalue weighted by Crippen LogP contribution is -2.29. The van der Waals surface area contributed by atoms with Gasteiger partial charge in [-0.3, -0.25) is 0 Å². The number of nitrogens with one attached hydrogen (secondary N) is 1. The molecule has 0 radical (unpaired) electrons. The minimum absolute atomic E-state index is 0.0784. The van der Waals surface area contributed by atoms with E-state index in [2.05, 4.69) is 11.9 Å². The van der Waals surface area contributed by atoms with Crippen LogP contribution in [0.2, 0.25) is 10.0 Å². The van der Waals surface area contributed by atoms with Crippen molar-refractivity contribution in [2.75, 3.05) is 12.4 Å². The van der Waals surface area contributed by atoms with Crippen LogP contribution >= 0.6 is 23.2 Å². The summed E-state index contributed by atoms with van der Waals surface area (Å²) in [7, 11) is -3.06. The van der Waals surface area contributed by atoms with E-state index in [4.69, 9.17) is 27.9 Å². The van der Waals surface area contributed by atoms with E-state index in [9.17, 15) is 8.42 Å². The van der Waals surface area contributed by atoms with Gasteiger partial charge in [-0.25, -0.2) is 8.42 Å². The zero-order valence-electron chi connectivity index (χ0n) is 11.2. The number of hydrogen-bond donors (Lipinski definition) is 1. The van der Waals surface area contributed by atoms with Crippen LogP contribution in [0.1, 0.15) is 5.56 Å². The molecule has 7 heteroatoms. The van der Waals surface area contributed by atoms with Crippen LogP contribution in [0.5, 0.6) is 5.75 Å². The van der Waals surface area contributed by atoms with Crippen LogP contribution in [-0.4, -0.2) is 26.8 Å². The predicted octanol–water partition coefficient (Wildman–Crippen LogP) is 2.96. The Bertz CT molecular complexity index is 648. The largest absolute Gasteiger partial charge is 0.486 e. The van der Waals surface area contributed by atoms with Gasteiger partial charge in [0.2, 0.25) is 0 Å². The van der Waals surface area contributed by atoms with Gasteiger partial charge < -0.3 is 10.1 Å². The Morgan fingerprint density at radius 2 is 2.05 bits per heavy atom. The molecule has 0 saturated carbocycles. The zero-order chi connectivity index (χ0) is 15.5. The Morgan fingerprint density at radius 3 is 2.57 bits per heavy atom. The van der Waals surface area contributed by atoms with Crippen LogP contribution in [0.25, 0.3) is 0 Å². The average Bonchev–Trinajstić information content (AvgIpc) is 2.75. The Morgan fingerprint density at radius 1 is 1.38 bits per heavy atom. The van der Waals surface area contributed by atoms with Crippen molar-refractivity contribution in [3.63, 3.8) is 0 Å². The summed E-state index contributed by atoms with van der Waals surface area (Å²) < 4.78 is 28.0. The summed E-state index contributed by atoms with van der Waals surface area (Å²) in [5.74, 6) is 0.500. The van der Waals surface area contributed by atoms with Gasteiger partial charge in [-0.15, -0.1) is 0 Å². The predicted molar refractivity (Wildman–Crippen MR) is 85.7 cm³/mol. The van der Waals surface area contributed by atoms with E-state index < -0.39 is 9.84 Å². The van der Waals surface area contributed by atoms with Crippen LogP contribution in [0.3, 0.4) is 0 Å². The van der Waals surface area contributed by atoms with Crippen molar-refractivity contribution >= 4 is 33.0 Å². The van der Waals surface area contributed by atoms with Crippen molar-refractivity contribution in [3.8, 4) is 5.75 Å². The maximum Gasteiger partial charge on any atom is 0.173 e. The van der Waals surface area contributed by atoms with E-state index in [1.165, 1.54) is 5.41 Å². The third kappa shape index (κ3) is 4.48. The molecule has 0 amide bonds. The van der Waals surface area contributed by atoms with Crippen molar-refractivity contribution in [1.29, 1.82) is 0 Å². The van der Waals surface area contributed by atoms with Crippen LogP contribution < -0.4 is 10.1 Å². The molecule has 1 aliphatic heterocycles. The van der Waals surface area contributed by atoms with E-state index in [0.29, 0.717) is 28.9 Å². The zero-order valence-corrected chi connectivity index (χ0v) is 13.5. The molecule has 0 spiro atoms. The topological polar surface area (TPSA) is 55.4 Å². The third-order valence-corrected chi connectivity index (χ3v) is 4.86. The van der Waals surface area contributed by atoms with E-state index in [-0.39, 0.29) is 11.8 Å². The Hall–Kier alpha value is -1.01. The first-order chi connectivity index (χ1) is 9.91. The lowest BCUT2D eigenvalue weighted by atomic mass is 10.2. The second-order valence-electron chi connectivity index (χ2n) is 4.63. The molecule has 0 aromatic heterocycles. The molecule has 1 aliphatic rings. The Labute approximate surface area is 134 Å². The summed E-state index contributed by atoms with van der Waals surface area (Å²) in [5.41, 5.74) is 0.855. The summed E-state index contributed by atoms with van der Waals surface area (Å²) in [6.45, 7) is 4.35. The van der Waals surface area contributed by atoms with Crippen LogP contribution in [-0.2, 0) is 16.4 Å². The Balaban J connectivity index is 2.02. The summed E-state index contributed by atoms with van der Waals surface area (Å²) >= 11 is 12.3. The average molecular weight is 348 g/mol. The second kappa shape index (κ2) is 6.83. The molecule has 1 N–H and O–H groups in total. The first kappa shape index (κ1) is 16.4. The smallest absolute Gasteiger partial charge is 0.173 e. The summed E-state index contributed by atoms with van der Waals surface area (Å²) in [6.07, 6.45) is 3.25. The van der Waals surface area contributed by atoms with Gasteiger partial charge in [0.15, 0.2) is 15.6 Å².